The Labute approximate surface area is 155 Å². The summed E-state index contributed by atoms with van der Waals surface area (Å²) in [5.41, 5.74) is -0.800. The van der Waals surface area contributed by atoms with E-state index in [9.17, 15) is 9.59 Å². The van der Waals surface area contributed by atoms with E-state index in [0.717, 1.165) is 0 Å². The van der Waals surface area contributed by atoms with Gasteiger partial charge in [-0.3, -0.25) is 9.59 Å². The number of hydrogen-bond acceptors (Lipinski definition) is 4. The van der Waals surface area contributed by atoms with Crippen LogP contribution in [0.4, 0.5) is 0 Å². The zero-order valence-corrected chi connectivity index (χ0v) is 17.0. The summed E-state index contributed by atoms with van der Waals surface area (Å²) >= 11 is 6.46. The van der Waals surface area contributed by atoms with Gasteiger partial charge in [-0.1, -0.05) is 31.9 Å². The predicted molar refractivity (Wildman–Crippen MR) is 97.3 cm³/mol. The van der Waals surface area contributed by atoms with Gasteiger partial charge in [0.2, 0.25) is 0 Å². The predicted octanol–water partition coefficient (Wildman–Crippen LogP) is 3.45. The van der Waals surface area contributed by atoms with Crippen molar-refractivity contribution < 1.29 is 19.1 Å². The summed E-state index contributed by atoms with van der Waals surface area (Å²) in [6.07, 6.45) is 11.3. The van der Waals surface area contributed by atoms with Gasteiger partial charge in [-0.25, -0.2) is 0 Å². The molecular weight excluding hydrogens is 428 g/mol. The average molecular weight is 450 g/mol. The lowest BCUT2D eigenvalue weighted by Crippen LogP contribution is -2.39. The van der Waals surface area contributed by atoms with Crippen LogP contribution in [-0.2, 0) is 19.1 Å². The van der Waals surface area contributed by atoms with Gasteiger partial charge in [-0.15, -0.1) is 24.7 Å². The van der Waals surface area contributed by atoms with Gasteiger partial charge in [0.05, 0.1) is 5.41 Å². The molecular formula is C17H22Br2O4. The van der Waals surface area contributed by atoms with E-state index >= 15 is 0 Å². The van der Waals surface area contributed by atoms with Crippen LogP contribution >= 0.6 is 31.9 Å². The Hall–Kier alpha value is -0.980. The molecule has 4 nitrogen and oxygen atoms in total. The minimum absolute atomic E-state index is 0.0226. The van der Waals surface area contributed by atoms with Crippen molar-refractivity contribution in [3.8, 4) is 24.7 Å². The van der Waals surface area contributed by atoms with Crippen molar-refractivity contribution in [1.82, 2.24) is 0 Å². The molecule has 0 aromatic heterocycles. The molecule has 6 heteroatoms. The molecule has 0 spiro atoms. The van der Waals surface area contributed by atoms with Crippen LogP contribution in [-0.4, -0.2) is 33.8 Å². The SMILES string of the molecule is C#CCC(CC#C)(COC(=O)C(C)(C)Br)COC(=O)C(C)(C)Br. The molecule has 0 saturated heterocycles. The van der Waals surface area contributed by atoms with Gasteiger partial charge < -0.3 is 9.47 Å². The average Bonchev–Trinajstić information content (AvgIpc) is 2.40. The largest absolute Gasteiger partial charge is 0.464 e. The van der Waals surface area contributed by atoms with E-state index in [1.807, 2.05) is 0 Å². The molecule has 0 saturated carbocycles. The molecule has 0 aromatic rings. The molecule has 0 bridgehead atoms. The molecule has 0 amide bonds. The van der Waals surface area contributed by atoms with Crippen molar-refractivity contribution in [1.29, 1.82) is 0 Å². The highest BCUT2D eigenvalue weighted by Crippen LogP contribution is 2.30. The van der Waals surface area contributed by atoms with Gasteiger partial charge >= 0.3 is 11.9 Å². The summed E-state index contributed by atoms with van der Waals surface area (Å²) in [5, 5.41) is 0. The molecule has 0 rings (SSSR count). The molecule has 0 heterocycles. The molecule has 0 aliphatic rings. The van der Waals surface area contributed by atoms with E-state index in [4.69, 9.17) is 22.3 Å². The van der Waals surface area contributed by atoms with Gasteiger partial charge in [0.25, 0.3) is 0 Å². The third kappa shape index (κ3) is 7.90. The Bertz CT molecular complexity index is 465. The molecule has 0 aliphatic carbocycles. The standard InChI is InChI=1S/C17H22Br2O4/c1-7-9-17(10-8-2,11-22-13(20)15(3,4)18)12-23-14(21)16(5,6)19/h1-2H,9-12H2,3-6H3. The van der Waals surface area contributed by atoms with Crippen LogP contribution in [0.15, 0.2) is 0 Å². The normalized spacial score (nSPS) is 12.0. The van der Waals surface area contributed by atoms with Crippen LogP contribution in [0.5, 0.6) is 0 Å². The topological polar surface area (TPSA) is 52.6 Å². The Balaban J connectivity index is 5.11. The minimum Gasteiger partial charge on any atom is -0.464 e. The fourth-order valence-electron chi connectivity index (χ4n) is 1.52. The highest BCUT2D eigenvalue weighted by Gasteiger charge is 2.36. The van der Waals surface area contributed by atoms with E-state index in [-0.39, 0.29) is 26.1 Å². The quantitative estimate of drug-likeness (QED) is 0.323. The number of carbonyl (C=O) groups excluding carboxylic acids is 2. The van der Waals surface area contributed by atoms with Crippen LogP contribution in [0.1, 0.15) is 40.5 Å². The molecule has 0 radical (unpaired) electrons. The van der Waals surface area contributed by atoms with Crippen LogP contribution in [0.3, 0.4) is 0 Å². The molecule has 0 atom stereocenters. The third-order valence-electron chi connectivity index (χ3n) is 2.94. The fourth-order valence-corrected chi connectivity index (χ4v) is 1.75. The third-order valence-corrected chi connectivity index (χ3v) is 3.59. The first-order chi connectivity index (χ1) is 10.4. The van der Waals surface area contributed by atoms with Crippen LogP contribution < -0.4 is 0 Å². The molecule has 128 valence electrons. The first kappa shape index (κ1) is 22.0. The molecule has 0 aromatic carbocycles. The Kier molecular flexibility index (Phi) is 8.38. The van der Waals surface area contributed by atoms with Gasteiger partial charge in [0.1, 0.15) is 21.9 Å². The first-order valence-electron chi connectivity index (χ1n) is 6.97. The van der Waals surface area contributed by atoms with Crippen LogP contribution in [0.25, 0.3) is 0 Å². The van der Waals surface area contributed by atoms with Crippen molar-refractivity contribution in [2.24, 2.45) is 5.41 Å². The van der Waals surface area contributed by atoms with Crippen LogP contribution in [0, 0.1) is 30.1 Å². The second-order valence-corrected chi connectivity index (χ2v) is 10.3. The van der Waals surface area contributed by atoms with E-state index in [1.54, 1.807) is 27.7 Å². The molecule has 0 fully saturated rings. The second kappa shape index (κ2) is 8.76. The number of carbonyl (C=O) groups is 2. The van der Waals surface area contributed by atoms with Crippen molar-refractivity contribution in [2.45, 2.75) is 49.2 Å². The highest BCUT2D eigenvalue weighted by atomic mass is 79.9. The fraction of sp³-hybridized carbons (Fsp3) is 0.647. The molecule has 23 heavy (non-hydrogen) atoms. The van der Waals surface area contributed by atoms with Gasteiger partial charge in [0, 0.05) is 12.8 Å². The number of ether oxygens (including phenoxy) is 2. The lowest BCUT2D eigenvalue weighted by molar-refractivity contribution is -0.155. The monoisotopic (exact) mass is 448 g/mol. The smallest absolute Gasteiger partial charge is 0.322 e. The zero-order valence-electron chi connectivity index (χ0n) is 13.9. The number of alkyl halides is 2. The number of rotatable bonds is 8. The maximum atomic E-state index is 11.9. The van der Waals surface area contributed by atoms with Gasteiger partial charge in [-0.05, 0) is 27.7 Å². The van der Waals surface area contributed by atoms with E-state index in [0.29, 0.717) is 0 Å². The second-order valence-electron chi connectivity index (χ2n) is 6.36. The number of esters is 2. The van der Waals surface area contributed by atoms with E-state index < -0.39 is 26.0 Å². The van der Waals surface area contributed by atoms with Crippen molar-refractivity contribution >= 4 is 43.8 Å². The van der Waals surface area contributed by atoms with Crippen molar-refractivity contribution in [3.63, 3.8) is 0 Å². The van der Waals surface area contributed by atoms with Crippen molar-refractivity contribution in [2.75, 3.05) is 13.2 Å². The maximum Gasteiger partial charge on any atom is 0.322 e. The summed E-state index contributed by atoms with van der Waals surface area (Å²) in [4.78, 5) is 23.9. The number of hydrogen-bond donors (Lipinski definition) is 0. The highest BCUT2D eigenvalue weighted by molar-refractivity contribution is 9.10. The Morgan fingerprint density at radius 2 is 1.17 bits per heavy atom. The zero-order chi connectivity index (χ0) is 18.3. The summed E-state index contributed by atoms with van der Waals surface area (Å²) in [7, 11) is 0. The minimum atomic E-state index is -0.820. The summed E-state index contributed by atoms with van der Waals surface area (Å²) in [6.45, 7) is 6.65. The van der Waals surface area contributed by atoms with Gasteiger partial charge in [-0.2, -0.15) is 0 Å². The maximum absolute atomic E-state index is 11.9. The summed E-state index contributed by atoms with van der Waals surface area (Å²) < 4.78 is 8.99. The first-order valence-corrected chi connectivity index (χ1v) is 8.56. The summed E-state index contributed by atoms with van der Waals surface area (Å²) in [6, 6.07) is 0. The summed E-state index contributed by atoms with van der Waals surface area (Å²) in [5.74, 6) is 4.15. The lowest BCUT2D eigenvalue weighted by Gasteiger charge is -2.31. The van der Waals surface area contributed by atoms with Gasteiger partial charge in [0.15, 0.2) is 0 Å². The molecule has 0 N–H and O–H groups in total. The Morgan fingerprint density at radius 1 is 0.870 bits per heavy atom. The van der Waals surface area contributed by atoms with Crippen molar-refractivity contribution in [3.05, 3.63) is 0 Å². The van der Waals surface area contributed by atoms with E-state index in [2.05, 4.69) is 43.7 Å². The Morgan fingerprint density at radius 3 is 1.39 bits per heavy atom. The molecule has 0 unspecified atom stereocenters. The van der Waals surface area contributed by atoms with E-state index in [1.165, 1.54) is 0 Å². The number of halogens is 2. The van der Waals surface area contributed by atoms with Crippen LogP contribution in [0.2, 0.25) is 0 Å². The molecule has 0 aliphatic heterocycles. The number of terminal acetylenes is 2. The lowest BCUT2D eigenvalue weighted by atomic mass is 9.83.